The van der Waals surface area contributed by atoms with Crippen LogP contribution in [-0.4, -0.2) is 11.0 Å². The zero-order valence-corrected chi connectivity index (χ0v) is 8.62. The average molecular weight is 206 g/mol. The van der Waals surface area contributed by atoms with Crippen LogP contribution in [0.25, 0.3) is 0 Å². The third kappa shape index (κ3) is 1.96. The number of nitrogens with one attached hydrogen (secondary N) is 1. The van der Waals surface area contributed by atoms with Gasteiger partial charge in [-0.15, -0.1) is 0 Å². The van der Waals surface area contributed by atoms with Crippen LogP contribution >= 0.6 is 0 Å². The highest BCUT2D eigenvalue weighted by atomic mass is 19.1. The third-order valence-corrected chi connectivity index (χ3v) is 3.32. The second-order valence-corrected chi connectivity index (χ2v) is 4.68. The van der Waals surface area contributed by atoms with Crippen molar-refractivity contribution in [1.29, 1.82) is 0 Å². The summed E-state index contributed by atoms with van der Waals surface area (Å²) in [4.78, 5) is 4.05. The van der Waals surface area contributed by atoms with E-state index in [0.717, 1.165) is 11.8 Å². The summed E-state index contributed by atoms with van der Waals surface area (Å²) in [5.74, 6) is 1.72. The first-order chi connectivity index (χ1) is 7.34. The highest BCUT2D eigenvalue weighted by Crippen LogP contribution is 2.45. The molecule has 3 rings (SSSR count). The second kappa shape index (κ2) is 3.47. The van der Waals surface area contributed by atoms with E-state index >= 15 is 0 Å². The SMILES string of the molecule is Fc1cccnc1NC(C1CC1)C1CC1. The first-order valence-corrected chi connectivity index (χ1v) is 5.71. The van der Waals surface area contributed by atoms with Crippen molar-refractivity contribution >= 4 is 5.82 Å². The van der Waals surface area contributed by atoms with Crippen molar-refractivity contribution in [1.82, 2.24) is 4.98 Å². The van der Waals surface area contributed by atoms with Crippen LogP contribution in [-0.2, 0) is 0 Å². The van der Waals surface area contributed by atoms with E-state index in [-0.39, 0.29) is 5.82 Å². The normalized spacial score (nSPS) is 20.7. The van der Waals surface area contributed by atoms with Gasteiger partial charge in [0.2, 0.25) is 0 Å². The van der Waals surface area contributed by atoms with Gasteiger partial charge in [-0.3, -0.25) is 0 Å². The Morgan fingerprint density at radius 1 is 1.27 bits per heavy atom. The van der Waals surface area contributed by atoms with E-state index in [1.807, 2.05) is 0 Å². The van der Waals surface area contributed by atoms with Gasteiger partial charge in [0.25, 0.3) is 0 Å². The maximum absolute atomic E-state index is 13.4. The van der Waals surface area contributed by atoms with E-state index in [9.17, 15) is 4.39 Å². The minimum absolute atomic E-state index is 0.233. The van der Waals surface area contributed by atoms with Crippen LogP contribution in [0, 0.1) is 17.7 Å². The Bertz CT molecular complexity index is 346. The number of rotatable bonds is 4. The van der Waals surface area contributed by atoms with E-state index in [1.54, 1.807) is 12.3 Å². The van der Waals surface area contributed by atoms with Crippen LogP contribution in [0.5, 0.6) is 0 Å². The lowest BCUT2D eigenvalue weighted by molar-refractivity contribution is 0.553. The lowest BCUT2D eigenvalue weighted by atomic mass is 10.1. The zero-order valence-electron chi connectivity index (χ0n) is 8.62. The van der Waals surface area contributed by atoms with Crippen LogP contribution in [0.2, 0.25) is 0 Å². The van der Waals surface area contributed by atoms with E-state index in [0.29, 0.717) is 11.9 Å². The molecule has 0 spiro atoms. The Morgan fingerprint density at radius 2 is 1.93 bits per heavy atom. The first kappa shape index (κ1) is 9.13. The summed E-state index contributed by atoms with van der Waals surface area (Å²) in [6.07, 6.45) is 6.82. The number of hydrogen-bond donors (Lipinski definition) is 1. The number of hydrogen-bond acceptors (Lipinski definition) is 2. The molecule has 0 atom stereocenters. The molecule has 80 valence electrons. The van der Waals surface area contributed by atoms with Crippen molar-refractivity contribution in [2.45, 2.75) is 31.7 Å². The predicted octanol–water partition coefficient (Wildman–Crippen LogP) is 2.82. The van der Waals surface area contributed by atoms with Crippen molar-refractivity contribution in [3.05, 3.63) is 24.1 Å². The number of pyridine rings is 1. The van der Waals surface area contributed by atoms with Gasteiger partial charge in [0, 0.05) is 12.2 Å². The Morgan fingerprint density at radius 3 is 2.47 bits per heavy atom. The molecule has 1 heterocycles. The van der Waals surface area contributed by atoms with E-state index in [2.05, 4.69) is 10.3 Å². The summed E-state index contributed by atoms with van der Waals surface area (Å²) in [5, 5.41) is 3.29. The molecule has 2 aliphatic rings. The fourth-order valence-corrected chi connectivity index (χ4v) is 2.18. The van der Waals surface area contributed by atoms with Gasteiger partial charge >= 0.3 is 0 Å². The summed E-state index contributed by atoms with van der Waals surface area (Å²) in [7, 11) is 0. The van der Waals surface area contributed by atoms with Crippen LogP contribution in [0.15, 0.2) is 18.3 Å². The highest BCUT2D eigenvalue weighted by molar-refractivity contribution is 5.38. The summed E-state index contributed by atoms with van der Waals surface area (Å²) < 4.78 is 13.4. The van der Waals surface area contributed by atoms with Gasteiger partial charge in [-0.2, -0.15) is 0 Å². The Balaban J connectivity index is 1.74. The van der Waals surface area contributed by atoms with Crippen molar-refractivity contribution < 1.29 is 4.39 Å². The minimum atomic E-state index is -0.233. The molecular formula is C12H15FN2. The molecule has 0 aliphatic heterocycles. The zero-order chi connectivity index (χ0) is 10.3. The molecular weight excluding hydrogens is 191 g/mol. The van der Waals surface area contributed by atoms with Crippen molar-refractivity contribution in [2.24, 2.45) is 11.8 Å². The molecule has 2 aliphatic carbocycles. The van der Waals surface area contributed by atoms with Crippen LogP contribution < -0.4 is 5.32 Å². The topological polar surface area (TPSA) is 24.9 Å². The van der Waals surface area contributed by atoms with E-state index < -0.39 is 0 Å². The summed E-state index contributed by atoms with van der Waals surface area (Å²) in [5.41, 5.74) is 0. The molecule has 0 aromatic carbocycles. The maximum Gasteiger partial charge on any atom is 0.165 e. The number of nitrogens with zero attached hydrogens (tertiary/aromatic N) is 1. The maximum atomic E-state index is 13.4. The van der Waals surface area contributed by atoms with Gasteiger partial charge in [-0.25, -0.2) is 9.37 Å². The molecule has 1 aromatic heterocycles. The van der Waals surface area contributed by atoms with E-state index in [1.165, 1.54) is 31.7 Å². The fourth-order valence-electron chi connectivity index (χ4n) is 2.18. The lowest BCUT2D eigenvalue weighted by Gasteiger charge is -2.18. The summed E-state index contributed by atoms with van der Waals surface area (Å²) in [6, 6.07) is 3.56. The molecule has 0 unspecified atom stereocenters. The van der Waals surface area contributed by atoms with Gasteiger partial charge in [-0.1, -0.05) is 0 Å². The van der Waals surface area contributed by atoms with Crippen LogP contribution in [0.1, 0.15) is 25.7 Å². The lowest BCUT2D eigenvalue weighted by Crippen LogP contribution is -2.25. The Hall–Kier alpha value is -1.12. The molecule has 2 saturated carbocycles. The van der Waals surface area contributed by atoms with Gasteiger partial charge < -0.3 is 5.32 Å². The number of halogens is 1. The Labute approximate surface area is 88.9 Å². The Kier molecular flexibility index (Phi) is 2.11. The molecule has 2 nitrogen and oxygen atoms in total. The fraction of sp³-hybridized carbons (Fsp3) is 0.583. The molecule has 0 radical (unpaired) electrons. The largest absolute Gasteiger partial charge is 0.364 e. The smallest absolute Gasteiger partial charge is 0.165 e. The van der Waals surface area contributed by atoms with Crippen molar-refractivity contribution in [3.8, 4) is 0 Å². The predicted molar refractivity (Wildman–Crippen MR) is 57.1 cm³/mol. The van der Waals surface area contributed by atoms with Crippen molar-refractivity contribution in [3.63, 3.8) is 0 Å². The molecule has 0 saturated heterocycles. The monoisotopic (exact) mass is 206 g/mol. The van der Waals surface area contributed by atoms with Crippen LogP contribution in [0.3, 0.4) is 0 Å². The molecule has 1 N–H and O–H groups in total. The standard InChI is InChI=1S/C12H15FN2/c13-10-2-1-7-14-12(10)15-11(8-3-4-8)9-5-6-9/h1-2,7-9,11H,3-6H2,(H,14,15). The average Bonchev–Trinajstić information content (AvgIpc) is 3.10. The van der Waals surface area contributed by atoms with Crippen molar-refractivity contribution in [2.75, 3.05) is 5.32 Å². The van der Waals surface area contributed by atoms with Gasteiger partial charge in [0.05, 0.1) is 0 Å². The molecule has 2 fully saturated rings. The highest BCUT2D eigenvalue weighted by Gasteiger charge is 2.41. The second-order valence-electron chi connectivity index (χ2n) is 4.68. The molecule has 0 amide bonds. The number of aromatic nitrogens is 1. The quantitative estimate of drug-likeness (QED) is 0.819. The molecule has 3 heteroatoms. The molecule has 15 heavy (non-hydrogen) atoms. The van der Waals surface area contributed by atoms with Crippen LogP contribution in [0.4, 0.5) is 10.2 Å². The van der Waals surface area contributed by atoms with Gasteiger partial charge in [0.1, 0.15) is 0 Å². The third-order valence-electron chi connectivity index (χ3n) is 3.32. The van der Waals surface area contributed by atoms with E-state index in [4.69, 9.17) is 0 Å². The van der Waals surface area contributed by atoms with Gasteiger partial charge in [0.15, 0.2) is 11.6 Å². The summed E-state index contributed by atoms with van der Waals surface area (Å²) >= 11 is 0. The molecule has 1 aromatic rings. The molecule has 0 bridgehead atoms. The van der Waals surface area contributed by atoms with Gasteiger partial charge in [-0.05, 0) is 49.7 Å². The number of anilines is 1. The first-order valence-electron chi connectivity index (χ1n) is 5.71. The summed E-state index contributed by atoms with van der Waals surface area (Å²) in [6.45, 7) is 0. The minimum Gasteiger partial charge on any atom is -0.364 e.